The van der Waals surface area contributed by atoms with Gasteiger partial charge in [-0.25, -0.2) is 4.79 Å². The Morgan fingerprint density at radius 1 is 1.39 bits per heavy atom. The molecule has 2 aliphatic carbocycles. The van der Waals surface area contributed by atoms with Gasteiger partial charge in [0.2, 0.25) is 0 Å². The minimum atomic E-state index is -0.0396. The number of carbonyl (C=O) groups excluding carboxylic acids is 1. The highest BCUT2D eigenvalue weighted by atomic mass is 16.5. The van der Waals surface area contributed by atoms with E-state index in [-0.39, 0.29) is 12.6 Å². The first-order chi connectivity index (χ1) is 11.2. The molecule has 1 unspecified atom stereocenters. The van der Waals surface area contributed by atoms with Gasteiger partial charge in [0.25, 0.3) is 0 Å². The van der Waals surface area contributed by atoms with Crippen LogP contribution in [0.15, 0.2) is 18.2 Å². The summed E-state index contributed by atoms with van der Waals surface area (Å²) >= 11 is 0. The van der Waals surface area contributed by atoms with Crippen LogP contribution in [0.1, 0.15) is 42.7 Å². The number of ether oxygens (including phenoxy) is 1. The summed E-state index contributed by atoms with van der Waals surface area (Å²) in [6.45, 7) is 1.11. The molecule has 1 aromatic rings. The summed E-state index contributed by atoms with van der Waals surface area (Å²) in [7, 11) is 1.69. The lowest BCUT2D eigenvalue weighted by Gasteiger charge is -2.28. The Morgan fingerprint density at radius 2 is 2.22 bits per heavy atom. The average Bonchev–Trinajstić information content (AvgIpc) is 3.41. The van der Waals surface area contributed by atoms with E-state index in [9.17, 15) is 4.79 Å². The van der Waals surface area contributed by atoms with Gasteiger partial charge in [0.05, 0.1) is 13.7 Å². The zero-order valence-corrected chi connectivity index (χ0v) is 13.8. The topological polar surface area (TPSA) is 61.8 Å². The lowest BCUT2D eigenvalue weighted by molar-refractivity contribution is 0.173. The molecule has 126 valence electrons. The van der Waals surface area contributed by atoms with E-state index >= 15 is 0 Å². The highest BCUT2D eigenvalue weighted by molar-refractivity contribution is 5.75. The van der Waals surface area contributed by atoms with Gasteiger partial charge >= 0.3 is 6.03 Å². The van der Waals surface area contributed by atoms with Crippen molar-refractivity contribution in [3.63, 3.8) is 0 Å². The van der Waals surface area contributed by atoms with E-state index in [2.05, 4.69) is 17.4 Å². The number of hydrogen-bond acceptors (Lipinski definition) is 3. The van der Waals surface area contributed by atoms with Crippen molar-refractivity contribution in [3.8, 4) is 5.75 Å². The average molecular weight is 318 g/mol. The number of nitrogens with one attached hydrogen (secondary N) is 1. The molecule has 0 radical (unpaired) electrons. The van der Waals surface area contributed by atoms with Crippen molar-refractivity contribution in [3.05, 3.63) is 29.3 Å². The zero-order valence-electron chi connectivity index (χ0n) is 13.8. The van der Waals surface area contributed by atoms with Gasteiger partial charge in [-0.15, -0.1) is 0 Å². The molecule has 2 amide bonds. The molecule has 5 nitrogen and oxygen atoms in total. The molecule has 23 heavy (non-hydrogen) atoms. The third-order valence-electron chi connectivity index (χ3n) is 4.88. The zero-order chi connectivity index (χ0) is 16.2. The summed E-state index contributed by atoms with van der Waals surface area (Å²) < 4.78 is 5.31. The Hall–Kier alpha value is -1.75. The molecule has 5 heteroatoms. The number of urea groups is 1. The lowest BCUT2D eigenvalue weighted by atomic mass is 9.82. The maximum atomic E-state index is 12.4. The number of aryl methyl sites for hydroxylation is 1. The third-order valence-corrected chi connectivity index (χ3v) is 4.88. The number of carbonyl (C=O) groups is 1. The second-order valence-electron chi connectivity index (χ2n) is 6.49. The second-order valence-corrected chi connectivity index (χ2v) is 6.49. The van der Waals surface area contributed by atoms with Crippen LogP contribution in [0.25, 0.3) is 0 Å². The van der Waals surface area contributed by atoms with Crippen molar-refractivity contribution in [1.29, 1.82) is 0 Å². The van der Waals surface area contributed by atoms with Crippen LogP contribution in [0.5, 0.6) is 5.75 Å². The van der Waals surface area contributed by atoms with E-state index < -0.39 is 0 Å². The van der Waals surface area contributed by atoms with E-state index in [1.165, 1.54) is 11.1 Å². The summed E-state index contributed by atoms with van der Waals surface area (Å²) in [6.07, 6.45) is 5.43. The fraction of sp³-hybridized carbons (Fsp3) is 0.611. The summed E-state index contributed by atoms with van der Waals surface area (Å²) in [4.78, 5) is 14.1. The van der Waals surface area contributed by atoms with E-state index in [0.717, 1.165) is 37.9 Å². The Bertz CT molecular complexity index is 557. The van der Waals surface area contributed by atoms with Gasteiger partial charge in [-0.1, -0.05) is 6.07 Å². The summed E-state index contributed by atoms with van der Waals surface area (Å²) in [5.74, 6) is 1.26. The van der Waals surface area contributed by atoms with E-state index in [4.69, 9.17) is 9.84 Å². The molecule has 0 aromatic heterocycles. The predicted molar refractivity (Wildman–Crippen MR) is 88.9 cm³/mol. The van der Waals surface area contributed by atoms with Crippen LogP contribution in [0.3, 0.4) is 0 Å². The molecule has 2 N–H and O–H groups in total. The summed E-state index contributed by atoms with van der Waals surface area (Å²) in [5, 5.41) is 12.2. The van der Waals surface area contributed by atoms with Crippen molar-refractivity contribution in [2.75, 3.05) is 26.8 Å². The maximum Gasteiger partial charge on any atom is 0.317 e. The third kappa shape index (κ3) is 3.78. The highest BCUT2D eigenvalue weighted by Crippen LogP contribution is 2.33. The van der Waals surface area contributed by atoms with Gasteiger partial charge in [-0.2, -0.15) is 0 Å². The smallest absolute Gasteiger partial charge is 0.317 e. The molecule has 1 fully saturated rings. The lowest BCUT2D eigenvalue weighted by Crippen LogP contribution is -2.44. The predicted octanol–water partition coefficient (Wildman–Crippen LogP) is 2.28. The monoisotopic (exact) mass is 318 g/mol. The number of rotatable bonds is 6. The number of amides is 2. The molecular weight excluding hydrogens is 292 g/mol. The number of benzene rings is 1. The quantitative estimate of drug-likeness (QED) is 0.846. The Balaban J connectivity index is 1.62. The van der Waals surface area contributed by atoms with E-state index in [1.807, 2.05) is 6.07 Å². The summed E-state index contributed by atoms with van der Waals surface area (Å²) in [6, 6.07) is 6.54. The molecule has 0 bridgehead atoms. The highest BCUT2D eigenvalue weighted by Gasteiger charge is 2.32. The normalized spacial score (nSPS) is 19.8. The Labute approximate surface area is 137 Å². The maximum absolute atomic E-state index is 12.4. The number of nitrogens with zero attached hydrogens (tertiary/aromatic N) is 1. The fourth-order valence-corrected chi connectivity index (χ4v) is 3.49. The van der Waals surface area contributed by atoms with Gasteiger partial charge in [0, 0.05) is 25.0 Å². The van der Waals surface area contributed by atoms with Crippen LogP contribution in [0, 0.1) is 0 Å². The van der Waals surface area contributed by atoms with Gasteiger partial charge < -0.3 is 20.1 Å². The Morgan fingerprint density at radius 3 is 2.91 bits per heavy atom. The van der Waals surface area contributed by atoms with Crippen LogP contribution < -0.4 is 10.1 Å². The molecule has 0 aliphatic heterocycles. The Kier molecular flexibility index (Phi) is 5.06. The van der Waals surface area contributed by atoms with Crippen LogP contribution in [-0.4, -0.2) is 48.9 Å². The minimum Gasteiger partial charge on any atom is -0.497 e. The first-order valence-corrected chi connectivity index (χ1v) is 8.55. The van der Waals surface area contributed by atoms with Gasteiger partial charge in [0.1, 0.15) is 5.75 Å². The summed E-state index contributed by atoms with van der Waals surface area (Å²) in [5.41, 5.74) is 2.67. The van der Waals surface area contributed by atoms with Crippen molar-refractivity contribution < 1.29 is 14.6 Å². The SMILES string of the molecule is COc1ccc2c(c1)CCCC2CNC(=O)N(CCO)C1CC1. The van der Waals surface area contributed by atoms with Crippen LogP contribution in [0.2, 0.25) is 0 Å². The first kappa shape index (κ1) is 16.1. The first-order valence-electron chi connectivity index (χ1n) is 8.55. The molecule has 1 saturated carbocycles. The van der Waals surface area contributed by atoms with Gasteiger partial charge in [0.15, 0.2) is 0 Å². The number of aliphatic hydroxyl groups is 1. The molecule has 0 spiro atoms. The molecule has 3 rings (SSSR count). The van der Waals surface area contributed by atoms with Crippen LogP contribution in [0.4, 0.5) is 4.79 Å². The molecule has 1 aromatic carbocycles. The largest absolute Gasteiger partial charge is 0.497 e. The molecule has 0 saturated heterocycles. The second kappa shape index (κ2) is 7.21. The number of hydrogen-bond donors (Lipinski definition) is 2. The minimum absolute atomic E-state index is 0.0238. The van der Waals surface area contributed by atoms with Crippen molar-refractivity contribution in [2.24, 2.45) is 0 Å². The molecule has 1 atom stereocenters. The molecule has 0 heterocycles. The van der Waals surface area contributed by atoms with Crippen LogP contribution >= 0.6 is 0 Å². The van der Waals surface area contributed by atoms with E-state index in [1.54, 1.807) is 12.0 Å². The molecular formula is C18H26N2O3. The van der Waals surface area contributed by atoms with Gasteiger partial charge in [-0.05, 0) is 55.4 Å². The van der Waals surface area contributed by atoms with Crippen molar-refractivity contribution in [1.82, 2.24) is 10.2 Å². The fourth-order valence-electron chi connectivity index (χ4n) is 3.49. The van der Waals surface area contributed by atoms with Crippen LogP contribution in [-0.2, 0) is 6.42 Å². The van der Waals surface area contributed by atoms with Crippen molar-refractivity contribution >= 4 is 6.03 Å². The molecule has 2 aliphatic rings. The number of aliphatic hydroxyl groups excluding tert-OH is 1. The van der Waals surface area contributed by atoms with E-state index in [0.29, 0.717) is 25.0 Å². The van der Waals surface area contributed by atoms with Gasteiger partial charge in [-0.3, -0.25) is 0 Å². The number of fused-ring (bicyclic) bond motifs is 1. The standard InChI is InChI=1S/C18H26N2O3/c1-23-16-7-8-17-13(11-16)3-2-4-14(17)12-19-18(22)20(9-10-21)15-5-6-15/h7-8,11,14-15,21H,2-6,9-10,12H2,1H3,(H,19,22). The number of methoxy groups -OCH3 is 1. The van der Waals surface area contributed by atoms with Crippen molar-refractivity contribution in [2.45, 2.75) is 44.1 Å².